The van der Waals surface area contributed by atoms with Gasteiger partial charge in [0.05, 0.1) is 5.60 Å². The Morgan fingerprint density at radius 3 is 2.48 bits per heavy atom. The first-order valence-electron chi connectivity index (χ1n) is 9.03. The van der Waals surface area contributed by atoms with Crippen molar-refractivity contribution in [2.75, 3.05) is 46.4 Å². The number of aliphatic imine (C=N–C) groups is 1. The molecule has 0 saturated carbocycles. The van der Waals surface area contributed by atoms with Crippen LogP contribution in [0.2, 0.25) is 0 Å². The molecule has 0 amide bonds. The Balaban J connectivity index is 0.00000264. The smallest absolute Gasteiger partial charge is 0.191 e. The molecule has 0 radical (unpaired) electrons. The molecule has 1 unspecified atom stereocenters. The highest BCUT2D eigenvalue weighted by Crippen LogP contribution is 2.23. The summed E-state index contributed by atoms with van der Waals surface area (Å²) in [4.78, 5) is 6.91. The number of likely N-dealkylation sites (tertiary alicyclic amines) is 1. The molecule has 0 aromatic heterocycles. The fourth-order valence-electron chi connectivity index (χ4n) is 3.34. The third-order valence-corrected chi connectivity index (χ3v) is 4.80. The second-order valence-electron chi connectivity index (χ2n) is 6.86. The summed E-state index contributed by atoms with van der Waals surface area (Å²) in [7, 11) is 1.84. The molecular formula is C17H35IN4O. The molecule has 6 heteroatoms. The van der Waals surface area contributed by atoms with E-state index in [0.717, 1.165) is 32.1 Å². The van der Waals surface area contributed by atoms with Gasteiger partial charge in [0, 0.05) is 26.7 Å². The first kappa shape index (κ1) is 21.0. The van der Waals surface area contributed by atoms with Crippen LogP contribution in [0.3, 0.4) is 0 Å². The van der Waals surface area contributed by atoms with Crippen molar-refractivity contribution in [1.29, 1.82) is 0 Å². The molecular weight excluding hydrogens is 403 g/mol. The number of hydrogen-bond acceptors (Lipinski definition) is 3. The van der Waals surface area contributed by atoms with E-state index in [4.69, 9.17) is 4.74 Å². The quantitative estimate of drug-likeness (QED) is 0.290. The molecule has 2 rings (SSSR count). The zero-order valence-electron chi connectivity index (χ0n) is 14.9. The van der Waals surface area contributed by atoms with Gasteiger partial charge in [0.1, 0.15) is 0 Å². The Kier molecular flexibility index (Phi) is 10.5. The van der Waals surface area contributed by atoms with Crippen LogP contribution in [0.5, 0.6) is 0 Å². The van der Waals surface area contributed by atoms with Gasteiger partial charge in [-0.25, -0.2) is 0 Å². The summed E-state index contributed by atoms with van der Waals surface area (Å²) >= 11 is 0. The molecule has 2 N–H and O–H groups in total. The second-order valence-corrected chi connectivity index (χ2v) is 6.86. The molecule has 2 heterocycles. The fraction of sp³-hybridized carbons (Fsp3) is 0.941. The lowest BCUT2D eigenvalue weighted by molar-refractivity contribution is 0.0243. The summed E-state index contributed by atoms with van der Waals surface area (Å²) < 4.78 is 5.80. The third kappa shape index (κ3) is 8.03. The lowest BCUT2D eigenvalue weighted by Gasteiger charge is -2.25. The average molecular weight is 438 g/mol. The number of rotatable bonds is 6. The molecule has 2 saturated heterocycles. The van der Waals surface area contributed by atoms with E-state index in [0.29, 0.717) is 0 Å². The Hall–Kier alpha value is -0.0800. The standard InChI is InChI=1S/C17H34N4O.HI/c1-17(9-7-14-22-17)15-20-16(18-2)19-10-8-13-21-11-5-3-4-6-12-21;/h3-15H2,1-2H3,(H2,18,19,20);1H. The van der Waals surface area contributed by atoms with Gasteiger partial charge in [0.25, 0.3) is 0 Å². The van der Waals surface area contributed by atoms with Crippen molar-refractivity contribution in [2.24, 2.45) is 4.99 Å². The van der Waals surface area contributed by atoms with Gasteiger partial charge in [-0.1, -0.05) is 12.8 Å². The van der Waals surface area contributed by atoms with Gasteiger partial charge in [0.2, 0.25) is 0 Å². The Morgan fingerprint density at radius 1 is 1.13 bits per heavy atom. The summed E-state index contributed by atoms with van der Waals surface area (Å²) in [6, 6.07) is 0. The van der Waals surface area contributed by atoms with Gasteiger partial charge in [-0.15, -0.1) is 24.0 Å². The minimum atomic E-state index is -0.0241. The fourth-order valence-corrected chi connectivity index (χ4v) is 3.34. The maximum absolute atomic E-state index is 5.80. The van der Waals surface area contributed by atoms with Gasteiger partial charge >= 0.3 is 0 Å². The molecule has 0 bridgehead atoms. The topological polar surface area (TPSA) is 48.9 Å². The second kappa shape index (κ2) is 11.5. The summed E-state index contributed by atoms with van der Waals surface area (Å²) in [5, 5.41) is 6.82. The van der Waals surface area contributed by atoms with E-state index in [-0.39, 0.29) is 29.6 Å². The lowest BCUT2D eigenvalue weighted by Crippen LogP contribution is -2.46. The van der Waals surface area contributed by atoms with E-state index < -0.39 is 0 Å². The zero-order valence-corrected chi connectivity index (χ0v) is 17.2. The van der Waals surface area contributed by atoms with E-state index in [1.807, 2.05) is 7.05 Å². The van der Waals surface area contributed by atoms with E-state index in [2.05, 4.69) is 27.4 Å². The average Bonchev–Trinajstić information content (AvgIpc) is 2.80. The highest BCUT2D eigenvalue weighted by molar-refractivity contribution is 14.0. The first-order valence-corrected chi connectivity index (χ1v) is 9.03. The Bertz CT molecular complexity index is 337. The highest BCUT2D eigenvalue weighted by atomic mass is 127. The molecule has 2 fully saturated rings. The molecule has 23 heavy (non-hydrogen) atoms. The van der Waals surface area contributed by atoms with Crippen LogP contribution in [-0.2, 0) is 4.74 Å². The van der Waals surface area contributed by atoms with Crippen LogP contribution < -0.4 is 10.6 Å². The predicted molar refractivity (Wildman–Crippen MR) is 108 cm³/mol. The number of ether oxygens (including phenoxy) is 1. The predicted octanol–water partition coefficient (Wildman–Crippen LogP) is 2.60. The van der Waals surface area contributed by atoms with Crippen LogP contribution in [0, 0.1) is 0 Å². The number of nitrogens with zero attached hydrogens (tertiary/aromatic N) is 2. The van der Waals surface area contributed by atoms with Gasteiger partial charge in [-0.3, -0.25) is 4.99 Å². The van der Waals surface area contributed by atoms with Crippen molar-refractivity contribution >= 4 is 29.9 Å². The SMILES string of the molecule is CN=C(NCCCN1CCCCCC1)NCC1(C)CCCO1.I. The van der Waals surface area contributed by atoms with Crippen molar-refractivity contribution in [3.63, 3.8) is 0 Å². The normalized spacial score (nSPS) is 26.4. The Labute approximate surface area is 159 Å². The van der Waals surface area contributed by atoms with Crippen LogP contribution in [0.25, 0.3) is 0 Å². The summed E-state index contributed by atoms with van der Waals surface area (Å²) in [6.45, 7) is 8.64. The van der Waals surface area contributed by atoms with E-state index in [1.54, 1.807) is 0 Å². The van der Waals surface area contributed by atoms with Gasteiger partial charge in [0.15, 0.2) is 5.96 Å². The minimum Gasteiger partial charge on any atom is -0.373 e. The third-order valence-electron chi connectivity index (χ3n) is 4.80. The van der Waals surface area contributed by atoms with Crippen LogP contribution >= 0.6 is 24.0 Å². The maximum Gasteiger partial charge on any atom is 0.191 e. The summed E-state index contributed by atoms with van der Waals surface area (Å²) in [6.07, 6.45) is 9.03. The lowest BCUT2D eigenvalue weighted by atomic mass is 10.0. The minimum absolute atomic E-state index is 0. The Morgan fingerprint density at radius 2 is 1.87 bits per heavy atom. The van der Waals surface area contributed by atoms with Gasteiger partial charge < -0.3 is 20.3 Å². The summed E-state index contributed by atoms with van der Waals surface area (Å²) in [5.74, 6) is 0.896. The van der Waals surface area contributed by atoms with Gasteiger partial charge in [-0.05, 0) is 58.7 Å². The van der Waals surface area contributed by atoms with Crippen molar-refractivity contribution in [3.8, 4) is 0 Å². The molecule has 5 nitrogen and oxygen atoms in total. The molecule has 0 aromatic carbocycles. The molecule has 2 aliphatic rings. The van der Waals surface area contributed by atoms with E-state index >= 15 is 0 Å². The maximum atomic E-state index is 5.80. The van der Waals surface area contributed by atoms with Crippen molar-refractivity contribution in [3.05, 3.63) is 0 Å². The van der Waals surface area contributed by atoms with Crippen molar-refractivity contribution < 1.29 is 4.74 Å². The monoisotopic (exact) mass is 438 g/mol. The van der Waals surface area contributed by atoms with E-state index in [1.165, 1.54) is 58.2 Å². The van der Waals surface area contributed by atoms with Crippen LogP contribution in [0.15, 0.2) is 4.99 Å². The van der Waals surface area contributed by atoms with Crippen molar-refractivity contribution in [2.45, 2.75) is 57.5 Å². The number of guanidine groups is 1. The molecule has 0 spiro atoms. The number of halogens is 1. The van der Waals surface area contributed by atoms with Gasteiger partial charge in [-0.2, -0.15) is 0 Å². The van der Waals surface area contributed by atoms with E-state index in [9.17, 15) is 0 Å². The van der Waals surface area contributed by atoms with Crippen LogP contribution in [-0.4, -0.2) is 62.8 Å². The molecule has 0 aliphatic carbocycles. The molecule has 136 valence electrons. The molecule has 0 aromatic rings. The molecule has 1 atom stereocenters. The highest BCUT2D eigenvalue weighted by Gasteiger charge is 2.29. The first-order chi connectivity index (χ1) is 10.7. The molecule has 2 aliphatic heterocycles. The van der Waals surface area contributed by atoms with Crippen LogP contribution in [0.4, 0.5) is 0 Å². The van der Waals surface area contributed by atoms with Crippen LogP contribution in [0.1, 0.15) is 51.9 Å². The largest absolute Gasteiger partial charge is 0.373 e. The number of nitrogens with one attached hydrogen (secondary N) is 2. The zero-order chi connectivity index (χ0) is 15.7. The van der Waals surface area contributed by atoms with Crippen molar-refractivity contribution in [1.82, 2.24) is 15.5 Å². The number of hydrogen-bond donors (Lipinski definition) is 2. The summed E-state index contributed by atoms with van der Waals surface area (Å²) in [5.41, 5.74) is -0.0241.